The van der Waals surface area contributed by atoms with Gasteiger partial charge in [-0.1, -0.05) is 6.92 Å². The number of amides is 1. The molecule has 0 saturated carbocycles. The highest BCUT2D eigenvalue weighted by Gasteiger charge is 2.12. The molecule has 0 aliphatic carbocycles. The van der Waals surface area contributed by atoms with Crippen molar-refractivity contribution in [2.75, 3.05) is 20.3 Å². The predicted molar refractivity (Wildman–Crippen MR) is 93.6 cm³/mol. The van der Waals surface area contributed by atoms with Crippen molar-refractivity contribution >= 4 is 5.91 Å². The molecule has 1 atom stereocenters. The van der Waals surface area contributed by atoms with Gasteiger partial charge in [-0.25, -0.2) is 4.68 Å². The highest BCUT2D eigenvalue weighted by molar-refractivity contribution is 5.91. The third-order valence-corrected chi connectivity index (χ3v) is 3.81. The summed E-state index contributed by atoms with van der Waals surface area (Å²) in [6.07, 6.45) is 0. The fourth-order valence-corrected chi connectivity index (χ4v) is 2.48. The molecular weight excluding hydrogens is 322 g/mol. The van der Waals surface area contributed by atoms with Gasteiger partial charge in [0.05, 0.1) is 18.8 Å². The van der Waals surface area contributed by atoms with E-state index in [4.69, 9.17) is 4.74 Å². The minimum absolute atomic E-state index is 0.210. The predicted octanol–water partition coefficient (Wildman–Crippen LogP) is 0.769. The van der Waals surface area contributed by atoms with Gasteiger partial charge in [0.2, 0.25) is 0 Å². The first-order valence-corrected chi connectivity index (χ1v) is 8.27. The molecule has 0 aliphatic heterocycles. The van der Waals surface area contributed by atoms with Gasteiger partial charge < -0.3 is 10.1 Å². The average Bonchev–Trinajstić information content (AvgIpc) is 2.89. The molecule has 0 aromatic carbocycles. The molecule has 0 radical (unpaired) electrons. The molecule has 0 aliphatic rings. The van der Waals surface area contributed by atoms with Gasteiger partial charge in [-0.3, -0.25) is 14.3 Å². The van der Waals surface area contributed by atoms with Gasteiger partial charge in [0.1, 0.15) is 5.69 Å². The van der Waals surface area contributed by atoms with Crippen LogP contribution >= 0.6 is 0 Å². The fourth-order valence-electron chi connectivity index (χ4n) is 2.48. The second-order valence-electron chi connectivity index (χ2n) is 6.20. The summed E-state index contributed by atoms with van der Waals surface area (Å²) in [7, 11) is 1.55. The molecule has 2 heterocycles. The first-order chi connectivity index (χ1) is 11.9. The molecular formula is C17H25N5O3. The number of rotatable bonds is 8. The molecule has 0 fully saturated rings. The minimum Gasteiger partial charge on any atom is -0.383 e. The van der Waals surface area contributed by atoms with E-state index in [-0.39, 0.29) is 23.1 Å². The van der Waals surface area contributed by atoms with Crippen molar-refractivity contribution in [3.05, 3.63) is 45.6 Å². The van der Waals surface area contributed by atoms with Crippen LogP contribution in [0.2, 0.25) is 0 Å². The van der Waals surface area contributed by atoms with Gasteiger partial charge in [0, 0.05) is 32.0 Å². The zero-order valence-corrected chi connectivity index (χ0v) is 15.2. The van der Waals surface area contributed by atoms with Crippen LogP contribution in [-0.4, -0.2) is 45.7 Å². The van der Waals surface area contributed by atoms with Gasteiger partial charge >= 0.3 is 0 Å². The lowest BCUT2D eigenvalue weighted by molar-refractivity contribution is 0.0938. The number of aryl methyl sites for hydroxylation is 2. The van der Waals surface area contributed by atoms with Crippen LogP contribution < -0.4 is 10.9 Å². The molecule has 2 aromatic rings. The van der Waals surface area contributed by atoms with E-state index in [2.05, 4.69) is 15.5 Å². The summed E-state index contributed by atoms with van der Waals surface area (Å²) in [5, 5.41) is 11.4. The van der Waals surface area contributed by atoms with Gasteiger partial charge in [-0.2, -0.15) is 10.2 Å². The van der Waals surface area contributed by atoms with E-state index in [0.717, 1.165) is 17.9 Å². The molecule has 1 unspecified atom stereocenters. The molecule has 136 valence electrons. The van der Waals surface area contributed by atoms with Crippen LogP contribution in [0.5, 0.6) is 0 Å². The van der Waals surface area contributed by atoms with E-state index in [0.29, 0.717) is 19.7 Å². The van der Waals surface area contributed by atoms with Crippen LogP contribution in [0, 0.1) is 19.8 Å². The topological polar surface area (TPSA) is 91.0 Å². The Balaban J connectivity index is 1.93. The maximum atomic E-state index is 12.3. The number of nitrogens with one attached hydrogen (secondary N) is 1. The summed E-state index contributed by atoms with van der Waals surface area (Å²) >= 11 is 0. The van der Waals surface area contributed by atoms with E-state index in [1.807, 2.05) is 31.5 Å². The van der Waals surface area contributed by atoms with Crippen LogP contribution in [0.1, 0.15) is 28.8 Å². The molecule has 0 saturated heterocycles. The van der Waals surface area contributed by atoms with Crippen molar-refractivity contribution in [2.24, 2.45) is 5.92 Å². The van der Waals surface area contributed by atoms with Crippen molar-refractivity contribution in [3.8, 4) is 0 Å². The normalized spacial score (nSPS) is 12.2. The summed E-state index contributed by atoms with van der Waals surface area (Å²) < 4.78 is 8.11. The standard InChI is InChI=1S/C17H25N5O3/c1-12(11-22-14(3)9-13(2)19-22)10-18-17(24)15-5-6-16(23)21(20-15)7-8-25-4/h5-6,9,12H,7-8,10-11H2,1-4H3,(H,18,24). The summed E-state index contributed by atoms with van der Waals surface area (Å²) in [5.41, 5.74) is 2.04. The minimum atomic E-state index is -0.300. The Hall–Kier alpha value is -2.48. The lowest BCUT2D eigenvalue weighted by Crippen LogP contribution is -2.33. The Morgan fingerprint density at radius 3 is 2.68 bits per heavy atom. The first kappa shape index (κ1) is 18.9. The molecule has 8 heteroatoms. The fraction of sp³-hybridized carbons (Fsp3) is 0.529. The Morgan fingerprint density at radius 2 is 2.04 bits per heavy atom. The highest BCUT2D eigenvalue weighted by Crippen LogP contribution is 2.06. The summed E-state index contributed by atoms with van der Waals surface area (Å²) in [5.74, 6) is -0.0901. The van der Waals surface area contributed by atoms with Crippen molar-refractivity contribution in [3.63, 3.8) is 0 Å². The molecule has 1 amide bonds. The second-order valence-corrected chi connectivity index (χ2v) is 6.20. The third kappa shape index (κ3) is 5.25. The maximum absolute atomic E-state index is 12.3. The molecule has 1 N–H and O–H groups in total. The smallest absolute Gasteiger partial charge is 0.271 e. The Kier molecular flexibility index (Phi) is 6.46. The molecule has 2 rings (SSSR count). The largest absolute Gasteiger partial charge is 0.383 e. The molecule has 0 spiro atoms. The van der Waals surface area contributed by atoms with Gasteiger partial charge in [0.15, 0.2) is 0 Å². The first-order valence-electron chi connectivity index (χ1n) is 8.27. The summed E-state index contributed by atoms with van der Waals surface area (Å²) in [6, 6.07) is 4.81. The van der Waals surface area contributed by atoms with E-state index >= 15 is 0 Å². The van der Waals surface area contributed by atoms with Crippen molar-refractivity contribution in [2.45, 2.75) is 33.9 Å². The van der Waals surface area contributed by atoms with Crippen LogP contribution in [0.25, 0.3) is 0 Å². The zero-order valence-electron chi connectivity index (χ0n) is 15.2. The number of aromatic nitrogens is 4. The highest BCUT2D eigenvalue weighted by atomic mass is 16.5. The van der Waals surface area contributed by atoms with Gasteiger partial charge in [-0.05, 0) is 31.9 Å². The maximum Gasteiger partial charge on any atom is 0.271 e. The van der Waals surface area contributed by atoms with Crippen LogP contribution in [0.3, 0.4) is 0 Å². The van der Waals surface area contributed by atoms with Crippen molar-refractivity contribution in [1.29, 1.82) is 0 Å². The zero-order chi connectivity index (χ0) is 18.4. The third-order valence-electron chi connectivity index (χ3n) is 3.81. The number of carbonyl (C=O) groups excluding carboxylic acids is 1. The number of nitrogens with zero attached hydrogens (tertiary/aromatic N) is 4. The number of methoxy groups -OCH3 is 1. The lowest BCUT2D eigenvalue weighted by atomic mass is 10.2. The van der Waals surface area contributed by atoms with E-state index in [1.165, 1.54) is 16.8 Å². The van der Waals surface area contributed by atoms with Gasteiger partial charge in [0.25, 0.3) is 11.5 Å². The molecule has 0 bridgehead atoms. The van der Waals surface area contributed by atoms with E-state index < -0.39 is 0 Å². The van der Waals surface area contributed by atoms with Crippen molar-refractivity contribution in [1.82, 2.24) is 24.9 Å². The molecule has 2 aromatic heterocycles. The van der Waals surface area contributed by atoms with Crippen LogP contribution in [0.15, 0.2) is 23.0 Å². The van der Waals surface area contributed by atoms with Gasteiger partial charge in [-0.15, -0.1) is 0 Å². The van der Waals surface area contributed by atoms with Crippen LogP contribution in [0.4, 0.5) is 0 Å². The Labute approximate surface area is 146 Å². The van der Waals surface area contributed by atoms with Crippen LogP contribution in [-0.2, 0) is 17.8 Å². The number of carbonyl (C=O) groups is 1. The Bertz CT molecular complexity index is 781. The van der Waals surface area contributed by atoms with Crippen molar-refractivity contribution < 1.29 is 9.53 Å². The summed E-state index contributed by atoms with van der Waals surface area (Å²) in [4.78, 5) is 24.0. The summed E-state index contributed by atoms with van der Waals surface area (Å²) in [6.45, 7) is 7.90. The average molecular weight is 347 g/mol. The monoisotopic (exact) mass is 347 g/mol. The number of hydrogen-bond acceptors (Lipinski definition) is 5. The van der Waals surface area contributed by atoms with E-state index in [1.54, 1.807) is 7.11 Å². The number of hydrogen-bond donors (Lipinski definition) is 1. The molecule has 25 heavy (non-hydrogen) atoms. The quantitative estimate of drug-likeness (QED) is 0.762. The van der Waals surface area contributed by atoms with E-state index in [9.17, 15) is 9.59 Å². The Morgan fingerprint density at radius 1 is 1.28 bits per heavy atom. The number of ether oxygens (including phenoxy) is 1. The SMILES string of the molecule is COCCn1nc(C(=O)NCC(C)Cn2nc(C)cc2C)ccc1=O. The second kappa shape index (κ2) is 8.57. The lowest BCUT2D eigenvalue weighted by Gasteiger charge is -2.14. The molecule has 8 nitrogen and oxygen atoms in total.